The third-order valence-electron chi connectivity index (χ3n) is 4.24. The zero-order valence-corrected chi connectivity index (χ0v) is 17.0. The summed E-state index contributed by atoms with van der Waals surface area (Å²) in [6.07, 6.45) is 1.29. The highest BCUT2D eigenvalue weighted by Gasteiger charge is 2.17. The number of hydrogen-bond donors (Lipinski definition) is 4. The number of phenolic OH excluding ortho intramolecular Hbond substituents is 1. The molecule has 9 heteroatoms. The molecule has 0 unspecified atom stereocenters. The summed E-state index contributed by atoms with van der Waals surface area (Å²) < 4.78 is 4.99. The summed E-state index contributed by atoms with van der Waals surface area (Å²) in [6.45, 7) is 0. The first-order chi connectivity index (χ1) is 15.5. The number of amides is 3. The molecule has 3 rings (SSSR count). The second-order valence-corrected chi connectivity index (χ2v) is 6.45. The number of para-hydroxylation sites is 2. The molecule has 0 radical (unpaired) electrons. The van der Waals surface area contributed by atoms with Gasteiger partial charge in [0, 0.05) is 5.69 Å². The van der Waals surface area contributed by atoms with Crippen LogP contribution in [0.15, 0.2) is 77.9 Å². The van der Waals surface area contributed by atoms with Gasteiger partial charge in [0.25, 0.3) is 5.91 Å². The van der Waals surface area contributed by atoms with Crippen LogP contribution in [0.25, 0.3) is 0 Å². The Morgan fingerprint density at radius 1 is 0.906 bits per heavy atom. The highest BCUT2D eigenvalue weighted by molar-refractivity contribution is 6.40. The van der Waals surface area contributed by atoms with E-state index in [0.717, 1.165) is 0 Å². The van der Waals surface area contributed by atoms with Gasteiger partial charge in [0.05, 0.1) is 24.6 Å². The maximum absolute atomic E-state index is 12.6. The maximum atomic E-state index is 12.6. The largest absolute Gasteiger partial charge is 0.504 e. The van der Waals surface area contributed by atoms with Crippen LogP contribution in [0.3, 0.4) is 0 Å². The molecule has 0 saturated carbocycles. The van der Waals surface area contributed by atoms with E-state index >= 15 is 0 Å². The Kier molecular flexibility index (Phi) is 7.16. The molecule has 0 aromatic heterocycles. The summed E-state index contributed by atoms with van der Waals surface area (Å²) in [5.74, 6) is -2.26. The van der Waals surface area contributed by atoms with E-state index in [0.29, 0.717) is 11.3 Å². The van der Waals surface area contributed by atoms with Crippen molar-refractivity contribution in [3.63, 3.8) is 0 Å². The predicted octanol–water partition coefficient (Wildman–Crippen LogP) is 2.74. The monoisotopic (exact) mass is 432 g/mol. The molecule has 0 saturated heterocycles. The molecular formula is C23H20N4O5. The van der Waals surface area contributed by atoms with Crippen LogP contribution in [0, 0.1) is 0 Å². The molecule has 0 atom stereocenters. The summed E-state index contributed by atoms with van der Waals surface area (Å²) in [5.41, 5.74) is 3.60. The van der Waals surface area contributed by atoms with Gasteiger partial charge in [-0.15, -0.1) is 0 Å². The van der Waals surface area contributed by atoms with Gasteiger partial charge in [-0.25, -0.2) is 5.43 Å². The van der Waals surface area contributed by atoms with Crippen molar-refractivity contribution < 1.29 is 24.2 Å². The minimum absolute atomic E-state index is 0.0389. The van der Waals surface area contributed by atoms with Crippen molar-refractivity contribution in [2.45, 2.75) is 0 Å². The first-order valence-corrected chi connectivity index (χ1v) is 9.44. The topological polar surface area (TPSA) is 129 Å². The number of aromatic hydroxyl groups is 1. The Morgan fingerprint density at radius 2 is 1.62 bits per heavy atom. The van der Waals surface area contributed by atoms with Crippen LogP contribution in [0.2, 0.25) is 0 Å². The van der Waals surface area contributed by atoms with Gasteiger partial charge in [-0.05, 0) is 48.0 Å². The van der Waals surface area contributed by atoms with E-state index in [1.807, 2.05) is 6.07 Å². The van der Waals surface area contributed by atoms with Gasteiger partial charge < -0.3 is 20.5 Å². The molecular weight excluding hydrogens is 412 g/mol. The molecule has 3 aromatic rings. The average Bonchev–Trinajstić information content (AvgIpc) is 2.81. The van der Waals surface area contributed by atoms with E-state index in [-0.39, 0.29) is 22.7 Å². The van der Waals surface area contributed by atoms with E-state index in [4.69, 9.17) is 4.74 Å². The molecule has 9 nitrogen and oxygen atoms in total. The number of nitrogens with zero attached hydrogens (tertiary/aromatic N) is 1. The lowest BCUT2D eigenvalue weighted by Gasteiger charge is -2.11. The van der Waals surface area contributed by atoms with Gasteiger partial charge in [0.1, 0.15) is 0 Å². The Hall–Kier alpha value is -4.66. The van der Waals surface area contributed by atoms with Crippen LogP contribution >= 0.6 is 0 Å². The number of rotatable bonds is 6. The number of phenols is 1. The van der Waals surface area contributed by atoms with Gasteiger partial charge in [-0.2, -0.15) is 5.10 Å². The molecule has 0 aliphatic carbocycles. The van der Waals surface area contributed by atoms with Crippen LogP contribution in [-0.4, -0.2) is 36.2 Å². The number of hydrogen-bond acceptors (Lipinski definition) is 6. The SMILES string of the molecule is COc1cc(/C=N\NC(=O)C(=O)Nc2ccccc2C(=O)Nc2ccccc2)ccc1O. The van der Waals surface area contributed by atoms with Crippen molar-refractivity contribution in [1.82, 2.24) is 5.43 Å². The number of nitrogens with one attached hydrogen (secondary N) is 3. The number of benzene rings is 3. The van der Waals surface area contributed by atoms with Crippen LogP contribution < -0.4 is 20.8 Å². The zero-order chi connectivity index (χ0) is 22.9. The number of ether oxygens (including phenoxy) is 1. The minimum Gasteiger partial charge on any atom is -0.504 e. The molecule has 0 aliphatic heterocycles. The minimum atomic E-state index is -1.02. The molecule has 0 spiro atoms. The number of anilines is 2. The van der Waals surface area contributed by atoms with E-state index < -0.39 is 17.7 Å². The summed E-state index contributed by atoms with van der Waals surface area (Å²) >= 11 is 0. The van der Waals surface area contributed by atoms with Crippen molar-refractivity contribution in [3.05, 3.63) is 83.9 Å². The molecule has 0 bridgehead atoms. The average molecular weight is 432 g/mol. The molecule has 0 heterocycles. The first kappa shape index (κ1) is 22.0. The van der Waals surface area contributed by atoms with Gasteiger partial charge in [0.2, 0.25) is 0 Å². The Labute approximate surface area is 183 Å². The Balaban J connectivity index is 1.63. The van der Waals surface area contributed by atoms with Crippen molar-refractivity contribution in [2.24, 2.45) is 5.10 Å². The van der Waals surface area contributed by atoms with Crippen molar-refractivity contribution in [3.8, 4) is 11.5 Å². The molecule has 32 heavy (non-hydrogen) atoms. The number of hydrazone groups is 1. The number of methoxy groups -OCH3 is 1. The van der Waals surface area contributed by atoms with Gasteiger partial charge >= 0.3 is 11.8 Å². The van der Waals surface area contributed by atoms with Crippen LogP contribution in [-0.2, 0) is 9.59 Å². The fraction of sp³-hybridized carbons (Fsp3) is 0.0435. The molecule has 162 valence electrons. The second kappa shape index (κ2) is 10.4. The van der Waals surface area contributed by atoms with Crippen LogP contribution in [0.5, 0.6) is 11.5 Å². The normalized spacial score (nSPS) is 10.4. The van der Waals surface area contributed by atoms with E-state index in [2.05, 4.69) is 21.2 Å². The fourth-order valence-corrected chi connectivity index (χ4v) is 2.68. The molecule has 0 fully saturated rings. The van der Waals surface area contributed by atoms with Gasteiger partial charge in [-0.3, -0.25) is 14.4 Å². The first-order valence-electron chi connectivity index (χ1n) is 9.44. The van der Waals surface area contributed by atoms with Gasteiger partial charge in [0.15, 0.2) is 11.5 Å². The second-order valence-electron chi connectivity index (χ2n) is 6.45. The predicted molar refractivity (Wildman–Crippen MR) is 120 cm³/mol. The summed E-state index contributed by atoms with van der Waals surface area (Å²) in [7, 11) is 1.40. The Bertz CT molecular complexity index is 1160. The lowest BCUT2D eigenvalue weighted by Crippen LogP contribution is -2.33. The van der Waals surface area contributed by atoms with E-state index in [1.54, 1.807) is 42.5 Å². The zero-order valence-electron chi connectivity index (χ0n) is 17.0. The van der Waals surface area contributed by atoms with E-state index in [1.165, 1.54) is 37.6 Å². The smallest absolute Gasteiger partial charge is 0.329 e. The Morgan fingerprint density at radius 3 is 2.38 bits per heavy atom. The third kappa shape index (κ3) is 5.70. The lowest BCUT2D eigenvalue weighted by atomic mass is 10.1. The molecule has 4 N–H and O–H groups in total. The third-order valence-corrected chi connectivity index (χ3v) is 4.24. The van der Waals surface area contributed by atoms with Gasteiger partial charge in [-0.1, -0.05) is 30.3 Å². The molecule has 0 aliphatic rings. The van der Waals surface area contributed by atoms with Crippen molar-refractivity contribution in [1.29, 1.82) is 0 Å². The highest BCUT2D eigenvalue weighted by atomic mass is 16.5. The van der Waals surface area contributed by atoms with Crippen LogP contribution in [0.4, 0.5) is 11.4 Å². The summed E-state index contributed by atoms with van der Waals surface area (Å²) in [5, 5.41) is 18.4. The maximum Gasteiger partial charge on any atom is 0.329 e. The summed E-state index contributed by atoms with van der Waals surface area (Å²) in [4.78, 5) is 36.9. The standard InChI is InChI=1S/C23H20N4O5/c1-32-20-13-15(11-12-19(20)28)14-24-27-23(31)22(30)26-18-10-6-5-9-17(18)21(29)25-16-7-3-2-4-8-16/h2-14,28H,1H3,(H,25,29)(H,26,30)(H,27,31)/b24-14-. The highest BCUT2D eigenvalue weighted by Crippen LogP contribution is 2.25. The molecule has 3 amide bonds. The molecule has 3 aromatic carbocycles. The van der Waals surface area contributed by atoms with Crippen molar-refractivity contribution >= 4 is 35.3 Å². The quantitative estimate of drug-likeness (QED) is 0.270. The van der Waals surface area contributed by atoms with E-state index in [9.17, 15) is 19.5 Å². The number of carbonyl (C=O) groups excluding carboxylic acids is 3. The lowest BCUT2D eigenvalue weighted by molar-refractivity contribution is -0.136. The van der Waals surface area contributed by atoms with Crippen molar-refractivity contribution in [2.75, 3.05) is 17.7 Å². The number of carbonyl (C=O) groups is 3. The van der Waals surface area contributed by atoms with Crippen LogP contribution in [0.1, 0.15) is 15.9 Å². The fourth-order valence-electron chi connectivity index (χ4n) is 2.68. The summed E-state index contributed by atoms with van der Waals surface area (Å²) in [6, 6.07) is 19.6.